The van der Waals surface area contributed by atoms with Gasteiger partial charge >= 0.3 is 5.97 Å². The predicted molar refractivity (Wildman–Crippen MR) is 72.8 cm³/mol. The molecule has 1 atom stereocenters. The second-order valence-electron chi connectivity index (χ2n) is 4.05. The summed E-state index contributed by atoms with van der Waals surface area (Å²) in [4.78, 5) is 11.7. The first kappa shape index (κ1) is 13.1. The van der Waals surface area contributed by atoms with Crippen molar-refractivity contribution in [3.05, 3.63) is 66.2 Å². The molecule has 0 bridgehead atoms. The van der Waals surface area contributed by atoms with Crippen LogP contribution >= 0.6 is 0 Å². The molecular formula is C15H15NO3. The molecular weight excluding hydrogens is 242 g/mol. The molecule has 2 rings (SSSR count). The summed E-state index contributed by atoms with van der Waals surface area (Å²) < 4.78 is 5.28. The van der Waals surface area contributed by atoms with E-state index >= 15 is 0 Å². The fraction of sp³-hybridized carbons (Fsp3) is 0.133. The minimum Gasteiger partial charge on any atom is -0.477 e. The normalized spacial score (nSPS) is 13.5. The lowest BCUT2D eigenvalue weighted by Crippen LogP contribution is -2.45. The monoisotopic (exact) mass is 257 g/mol. The predicted octanol–water partition coefficient (Wildman–Crippen LogP) is 2.68. The zero-order valence-corrected chi connectivity index (χ0v) is 10.5. The number of rotatable bonds is 5. The smallest absolute Gasteiger partial charge is 0.362 e. The fourth-order valence-corrected chi connectivity index (χ4v) is 1.90. The SMILES string of the molecule is COC(Nc1ccccc1)(C(=O)O)c1ccccc1. The highest BCUT2D eigenvalue weighted by Crippen LogP contribution is 2.27. The van der Waals surface area contributed by atoms with E-state index in [4.69, 9.17) is 4.74 Å². The zero-order valence-electron chi connectivity index (χ0n) is 10.5. The van der Waals surface area contributed by atoms with Gasteiger partial charge in [-0.25, -0.2) is 4.79 Å². The van der Waals surface area contributed by atoms with E-state index in [1.54, 1.807) is 36.4 Å². The van der Waals surface area contributed by atoms with Crippen molar-refractivity contribution >= 4 is 11.7 Å². The molecule has 0 heterocycles. The molecule has 0 aliphatic rings. The summed E-state index contributed by atoms with van der Waals surface area (Å²) in [6.45, 7) is 0. The van der Waals surface area contributed by atoms with Crippen LogP contribution in [0, 0.1) is 0 Å². The van der Waals surface area contributed by atoms with Crippen molar-refractivity contribution in [2.45, 2.75) is 5.72 Å². The highest BCUT2D eigenvalue weighted by molar-refractivity contribution is 5.82. The van der Waals surface area contributed by atoms with Crippen molar-refractivity contribution in [3.8, 4) is 0 Å². The number of aliphatic carboxylic acids is 1. The molecule has 98 valence electrons. The average Bonchev–Trinajstić information content (AvgIpc) is 2.46. The largest absolute Gasteiger partial charge is 0.477 e. The Kier molecular flexibility index (Phi) is 3.82. The maximum Gasteiger partial charge on any atom is 0.362 e. The Morgan fingerprint density at radius 2 is 1.58 bits per heavy atom. The van der Waals surface area contributed by atoms with Crippen LogP contribution in [0.3, 0.4) is 0 Å². The third-order valence-electron chi connectivity index (χ3n) is 2.88. The van der Waals surface area contributed by atoms with Crippen LogP contribution in [0.1, 0.15) is 5.56 Å². The molecule has 0 radical (unpaired) electrons. The molecule has 4 nitrogen and oxygen atoms in total. The minimum absolute atomic E-state index is 0.536. The number of carbonyl (C=O) groups is 1. The lowest BCUT2D eigenvalue weighted by atomic mass is 10.0. The summed E-state index contributed by atoms with van der Waals surface area (Å²) in [6, 6.07) is 17.9. The van der Waals surface area contributed by atoms with Crippen LogP contribution in [-0.4, -0.2) is 18.2 Å². The van der Waals surface area contributed by atoms with Crippen LogP contribution < -0.4 is 5.32 Å². The Balaban J connectivity index is 2.44. The van der Waals surface area contributed by atoms with Gasteiger partial charge in [0.2, 0.25) is 0 Å². The molecule has 0 spiro atoms. The number of carboxylic acid groups (broad SMARTS) is 1. The Bertz CT molecular complexity index is 542. The Hall–Kier alpha value is -2.33. The first-order valence-corrected chi connectivity index (χ1v) is 5.86. The van der Waals surface area contributed by atoms with Crippen molar-refractivity contribution in [2.75, 3.05) is 12.4 Å². The molecule has 2 aromatic rings. The number of nitrogens with one attached hydrogen (secondary N) is 1. The molecule has 4 heteroatoms. The highest BCUT2D eigenvalue weighted by Gasteiger charge is 2.40. The molecule has 1 unspecified atom stereocenters. The molecule has 2 aromatic carbocycles. The van der Waals surface area contributed by atoms with E-state index in [0.717, 1.165) is 0 Å². The molecule has 0 saturated carbocycles. The first-order valence-electron chi connectivity index (χ1n) is 5.86. The van der Waals surface area contributed by atoms with Gasteiger partial charge < -0.3 is 15.2 Å². The van der Waals surface area contributed by atoms with Gasteiger partial charge in [-0.15, -0.1) is 0 Å². The molecule has 0 aliphatic carbocycles. The molecule has 19 heavy (non-hydrogen) atoms. The number of anilines is 1. The summed E-state index contributed by atoms with van der Waals surface area (Å²) in [7, 11) is 1.37. The van der Waals surface area contributed by atoms with Crippen LogP contribution in [0.4, 0.5) is 5.69 Å². The van der Waals surface area contributed by atoms with Crippen LogP contribution in [0.5, 0.6) is 0 Å². The third-order valence-corrected chi connectivity index (χ3v) is 2.88. The Labute approximate surface area is 111 Å². The third kappa shape index (κ3) is 2.58. The molecule has 2 N–H and O–H groups in total. The van der Waals surface area contributed by atoms with E-state index < -0.39 is 11.7 Å². The highest BCUT2D eigenvalue weighted by atomic mass is 16.5. The number of benzene rings is 2. The molecule has 0 amide bonds. The van der Waals surface area contributed by atoms with Crippen LogP contribution in [0.15, 0.2) is 60.7 Å². The van der Waals surface area contributed by atoms with Gasteiger partial charge in [-0.3, -0.25) is 0 Å². The molecule has 0 saturated heterocycles. The standard InChI is InChI=1S/C15H15NO3/c1-19-15(14(17)18,12-8-4-2-5-9-12)16-13-10-6-3-7-11-13/h2-11,16H,1H3,(H,17,18). The Morgan fingerprint density at radius 3 is 2.05 bits per heavy atom. The van der Waals surface area contributed by atoms with Crippen molar-refractivity contribution in [1.82, 2.24) is 0 Å². The lowest BCUT2D eigenvalue weighted by molar-refractivity contribution is -0.160. The topological polar surface area (TPSA) is 58.6 Å². The van der Waals surface area contributed by atoms with Crippen LogP contribution in [-0.2, 0) is 15.3 Å². The van der Waals surface area contributed by atoms with Gasteiger partial charge in [0, 0.05) is 18.4 Å². The lowest BCUT2D eigenvalue weighted by Gasteiger charge is -2.30. The van der Waals surface area contributed by atoms with Crippen molar-refractivity contribution in [2.24, 2.45) is 0 Å². The number of ether oxygens (including phenoxy) is 1. The summed E-state index contributed by atoms with van der Waals surface area (Å²) in [5.74, 6) is -1.09. The maximum atomic E-state index is 11.7. The average molecular weight is 257 g/mol. The van der Waals surface area contributed by atoms with Crippen molar-refractivity contribution in [3.63, 3.8) is 0 Å². The van der Waals surface area contributed by atoms with E-state index in [-0.39, 0.29) is 0 Å². The molecule has 0 fully saturated rings. The van der Waals surface area contributed by atoms with Gasteiger partial charge in [-0.2, -0.15) is 0 Å². The molecule has 0 aromatic heterocycles. The van der Waals surface area contributed by atoms with Gasteiger partial charge in [0.25, 0.3) is 5.72 Å². The minimum atomic E-state index is -1.59. The van der Waals surface area contributed by atoms with Crippen LogP contribution in [0.2, 0.25) is 0 Å². The van der Waals surface area contributed by atoms with Gasteiger partial charge in [-0.1, -0.05) is 48.5 Å². The van der Waals surface area contributed by atoms with E-state index in [1.165, 1.54) is 7.11 Å². The summed E-state index contributed by atoms with van der Waals surface area (Å²) >= 11 is 0. The van der Waals surface area contributed by atoms with Crippen molar-refractivity contribution in [1.29, 1.82) is 0 Å². The zero-order chi connectivity index (χ0) is 13.7. The number of hydrogen-bond donors (Lipinski definition) is 2. The quantitative estimate of drug-likeness (QED) is 0.808. The van der Waals surface area contributed by atoms with Gasteiger partial charge in [0.1, 0.15) is 0 Å². The summed E-state index contributed by atoms with van der Waals surface area (Å²) in [6.07, 6.45) is 0. The second kappa shape index (κ2) is 5.54. The summed E-state index contributed by atoms with van der Waals surface area (Å²) in [5, 5.41) is 12.5. The Morgan fingerprint density at radius 1 is 1.05 bits per heavy atom. The van der Waals surface area contributed by atoms with E-state index in [2.05, 4.69) is 5.32 Å². The first-order chi connectivity index (χ1) is 9.19. The maximum absolute atomic E-state index is 11.7. The number of carboxylic acids is 1. The second-order valence-corrected chi connectivity index (χ2v) is 4.05. The van der Waals surface area contributed by atoms with Gasteiger partial charge in [0.15, 0.2) is 0 Å². The number of methoxy groups -OCH3 is 1. The van der Waals surface area contributed by atoms with Gasteiger partial charge in [0.05, 0.1) is 0 Å². The van der Waals surface area contributed by atoms with Crippen LogP contribution in [0.25, 0.3) is 0 Å². The van der Waals surface area contributed by atoms with E-state index in [1.807, 2.05) is 24.3 Å². The van der Waals surface area contributed by atoms with E-state index in [9.17, 15) is 9.90 Å². The van der Waals surface area contributed by atoms with Crippen molar-refractivity contribution < 1.29 is 14.6 Å². The van der Waals surface area contributed by atoms with E-state index in [0.29, 0.717) is 11.3 Å². The van der Waals surface area contributed by atoms with Gasteiger partial charge in [-0.05, 0) is 12.1 Å². The summed E-state index contributed by atoms with van der Waals surface area (Å²) in [5.41, 5.74) is -0.382. The fourth-order valence-electron chi connectivity index (χ4n) is 1.90. The number of para-hydroxylation sites is 1. The number of hydrogen-bond acceptors (Lipinski definition) is 3. The molecule has 0 aliphatic heterocycles.